The first-order valence-electron chi connectivity index (χ1n) is 9.61. The van der Waals surface area contributed by atoms with Crippen molar-refractivity contribution in [2.24, 2.45) is 7.05 Å². The molecule has 1 N–H and O–H groups in total. The van der Waals surface area contributed by atoms with Crippen LogP contribution in [-0.2, 0) is 21.8 Å². The number of aromatic amines is 1. The molecule has 1 aliphatic rings. The van der Waals surface area contributed by atoms with Crippen molar-refractivity contribution in [2.75, 3.05) is 19.7 Å². The molecule has 0 aliphatic carbocycles. The van der Waals surface area contributed by atoms with Crippen molar-refractivity contribution < 1.29 is 27.5 Å². The van der Waals surface area contributed by atoms with Crippen LogP contribution in [0.2, 0.25) is 0 Å². The van der Waals surface area contributed by atoms with Gasteiger partial charge in [0, 0.05) is 37.6 Å². The molecule has 9 nitrogen and oxygen atoms in total. The van der Waals surface area contributed by atoms with E-state index in [-0.39, 0.29) is 22.1 Å². The summed E-state index contributed by atoms with van der Waals surface area (Å²) in [5, 5.41) is 0. The smallest absolute Gasteiger partial charge is 0.355 e. The van der Waals surface area contributed by atoms with Crippen molar-refractivity contribution in [3.8, 4) is 0 Å². The van der Waals surface area contributed by atoms with Crippen LogP contribution in [0.25, 0.3) is 0 Å². The summed E-state index contributed by atoms with van der Waals surface area (Å²) in [4.78, 5) is 39.6. The zero-order chi connectivity index (χ0) is 22.2. The molecule has 30 heavy (non-hydrogen) atoms. The van der Waals surface area contributed by atoms with Crippen molar-refractivity contribution in [3.63, 3.8) is 0 Å². The number of Topliss-reactive ketones (excluding diaryl/α,β-unsaturated/α-hetero) is 2. The molecule has 2 aromatic rings. The van der Waals surface area contributed by atoms with Gasteiger partial charge >= 0.3 is 5.97 Å². The third-order valence-electron chi connectivity index (χ3n) is 5.29. The van der Waals surface area contributed by atoms with E-state index in [9.17, 15) is 22.8 Å². The van der Waals surface area contributed by atoms with E-state index >= 15 is 0 Å². The topological polar surface area (TPSA) is 119 Å². The minimum absolute atomic E-state index is 0.0205. The Bertz CT molecular complexity index is 1120. The number of carbonyl (C=O) groups is 3. The van der Waals surface area contributed by atoms with Gasteiger partial charge in [0.25, 0.3) is 0 Å². The van der Waals surface area contributed by atoms with Crippen LogP contribution < -0.4 is 0 Å². The zero-order valence-electron chi connectivity index (χ0n) is 17.4. The summed E-state index contributed by atoms with van der Waals surface area (Å²) in [7, 11) is -2.12. The number of carbonyl (C=O) groups excluding carboxylic acids is 3. The lowest BCUT2D eigenvalue weighted by atomic mass is 10.1. The molecule has 0 radical (unpaired) electrons. The summed E-state index contributed by atoms with van der Waals surface area (Å²) in [5.41, 5.74) is 1.79. The van der Waals surface area contributed by atoms with Crippen LogP contribution in [0, 0.1) is 13.8 Å². The number of esters is 1. The van der Waals surface area contributed by atoms with Crippen LogP contribution >= 0.6 is 0 Å². The Morgan fingerprint density at radius 1 is 1.17 bits per heavy atom. The number of ketones is 2. The number of ether oxygens (including phenoxy) is 1. The fraction of sp³-hybridized carbons (Fsp3) is 0.450. The third kappa shape index (κ3) is 3.97. The van der Waals surface area contributed by atoms with E-state index < -0.39 is 28.4 Å². The van der Waals surface area contributed by atoms with E-state index in [1.807, 2.05) is 0 Å². The summed E-state index contributed by atoms with van der Waals surface area (Å²) in [6.07, 6.45) is 2.99. The maximum atomic E-state index is 12.7. The minimum atomic E-state index is -3.66. The summed E-state index contributed by atoms with van der Waals surface area (Å²) in [6, 6.07) is 1.26. The summed E-state index contributed by atoms with van der Waals surface area (Å²) in [5.74, 6) is -1.44. The van der Waals surface area contributed by atoms with E-state index in [1.54, 1.807) is 20.9 Å². The number of hydrogen-bond donors (Lipinski definition) is 1. The first-order valence-corrected chi connectivity index (χ1v) is 11.0. The highest BCUT2D eigenvalue weighted by Gasteiger charge is 2.30. The molecule has 3 rings (SSSR count). The number of rotatable bonds is 7. The van der Waals surface area contributed by atoms with Gasteiger partial charge in [-0.3, -0.25) is 9.59 Å². The van der Waals surface area contributed by atoms with Crippen molar-refractivity contribution in [1.29, 1.82) is 0 Å². The molecule has 1 saturated heterocycles. The molecule has 0 unspecified atom stereocenters. The molecular weight excluding hydrogens is 410 g/mol. The number of nitrogens with zero attached hydrogens (tertiary/aromatic N) is 2. The van der Waals surface area contributed by atoms with Crippen molar-refractivity contribution in [2.45, 2.75) is 38.5 Å². The highest BCUT2D eigenvalue weighted by Crippen LogP contribution is 2.23. The van der Waals surface area contributed by atoms with Crippen LogP contribution in [0.1, 0.15) is 62.4 Å². The Hall–Kier alpha value is -2.72. The maximum Gasteiger partial charge on any atom is 0.355 e. The number of H-pyrrole nitrogens is 1. The van der Waals surface area contributed by atoms with E-state index in [1.165, 1.54) is 28.1 Å². The molecule has 0 bridgehead atoms. The van der Waals surface area contributed by atoms with E-state index in [0.29, 0.717) is 29.9 Å². The highest BCUT2D eigenvalue weighted by atomic mass is 32.2. The van der Waals surface area contributed by atoms with E-state index in [2.05, 4.69) is 4.98 Å². The van der Waals surface area contributed by atoms with Crippen molar-refractivity contribution in [1.82, 2.24) is 13.9 Å². The van der Waals surface area contributed by atoms with Crippen molar-refractivity contribution >= 4 is 27.6 Å². The number of nitrogens with one attached hydrogen (secondary N) is 1. The Labute approximate surface area is 175 Å². The van der Waals surface area contributed by atoms with Gasteiger partial charge in [0.2, 0.25) is 15.8 Å². The fourth-order valence-electron chi connectivity index (χ4n) is 3.79. The van der Waals surface area contributed by atoms with Gasteiger partial charge in [-0.2, -0.15) is 4.31 Å². The molecule has 0 amide bonds. The number of hydrogen-bond acceptors (Lipinski definition) is 6. The monoisotopic (exact) mass is 435 g/mol. The maximum absolute atomic E-state index is 12.7. The van der Waals surface area contributed by atoms with Gasteiger partial charge in [-0.1, -0.05) is 0 Å². The summed E-state index contributed by atoms with van der Waals surface area (Å²) in [6.45, 7) is 5.16. The predicted octanol–water partition coefficient (Wildman–Crippen LogP) is 2.00. The quantitative estimate of drug-likeness (QED) is 0.525. The van der Waals surface area contributed by atoms with Gasteiger partial charge in [-0.15, -0.1) is 0 Å². The number of aryl methyl sites for hydroxylation is 2. The van der Waals surface area contributed by atoms with Gasteiger partial charge in [-0.25, -0.2) is 13.2 Å². The number of aromatic nitrogens is 2. The molecule has 0 saturated carbocycles. The largest absolute Gasteiger partial charge is 0.453 e. The van der Waals surface area contributed by atoms with Gasteiger partial charge in [0.05, 0.1) is 5.69 Å². The molecule has 0 atom stereocenters. The lowest BCUT2D eigenvalue weighted by Crippen LogP contribution is -2.27. The Balaban J connectivity index is 1.73. The second kappa shape index (κ2) is 8.19. The SMILES string of the molecule is CC(=O)c1c(C)[nH]c(C(=O)COC(=O)c2cc(S(=O)(=O)N3CCCC3)cn2C)c1C. The zero-order valence-corrected chi connectivity index (χ0v) is 18.3. The van der Waals surface area contributed by atoms with E-state index in [4.69, 9.17) is 4.74 Å². The molecular formula is C20H25N3O6S. The van der Waals surface area contributed by atoms with Gasteiger partial charge in [-0.05, 0) is 45.2 Å². The van der Waals surface area contributed by atoms with Crippen LogP contribution in [0.5, 0.6) is 0 Å². The molecule has 1 fully saturated rings. The number of sulfonamides is 1. The molecule has 0 aromatic carbocycles. The lowest BCUT2D eigenvalue weighted by molar-refractivity contribution is 0.0464. The molecule has 0 spiro atoms. The second-order valence-electron chi connectivity index (χ2n) is 7.46. The highest BCUT2D eigenvalue weighted by molar-refractivity contribution is 7.89. The first-order chi connectivity index (χ1) is 14.0. The van der Waals surface area contributed by atoms with E-state index in [0.717, 1.165) is 12.8 Å². The standard InChI is InChI=1S/C20H25N3O6S/c1-12-18(14(3)24)13(2)21-19(12)17(25)11-29-20(26)16-9-15(10-22(16)4)30(27,28)23-7-5-6-8-23/h9-10,21H,5-8,11H2,1-4H3. The van der Waals surface area contributed by atoms with Crippen LogP contribution in [0.4, 0.5) is 0 Å². The molecule has 162 valence electrons. The van der Waals surface area contributed by atoms with Crippen LogP contribution in [0.15, 0.2) is 17.2 Å². The lowest BCUT2D eigenvalue weighted by Gasteiger charge is -2.13. The molecule has 2 aromatic heterocycles. The average Bonchev–Trinajstić information content (AvgIpc) is 3.39. The first kappa shape index (κ1) is 22.0. The Kier molecular flexibility index (Phi) is 6.00. The third-order valence-corrected chi connectivity index (χ3v) is 7.16. The second-order valence-corrected chi connectivity index (χ2v) is 9.40. The van der Waals surface area contributed by atoms with Crippen LogP contribution in [-0.4, -0.2) is 59.5 Å². The fourth-order valence-corrected chi connectivity index (χ4v) is 5.38. The minimum Gasteiger partial charge on any atom is -0.453 e. The van der Waals surface area contributed by atoms with Gasteiger partial charge < -0.3 is 14.3 Å². The van der Waals surface area contributed by atoms with Gasteiger partial charge in [0.15, 0.2) is 12.4 Å². The summed E-state index contributed by atoms with van der Waals surface area (Å²) >= 11 is 0. The molecule has 10 heteroatoms. The molecule has 1 aliphatic heterocycles. The molecule has 3 heterocycles. The normalized spacial score (nSPS) is 14.8. The van der Waals surface area contributed by atoms with Crippen LogP contribution in [0.3, 0.4) is 0 Å². The predicted molar refractivity (Wildman–Crippen MR) is 108 cm³/mol. The van der Waals surface area contributed by atoms with Gasteiger partial charge in [0.1, 0.15) is 10.6 Å². The van der Waals surface area contributed by atoms with Crippen molar-refractivity contribution in [3.05, 3.63) is 40.5 Å². The Morgan fingerprint density at radius 3 is 2.37 bits per heavy atom. The Morgan fingerprint density at radius 2 is 1.80 bits per heavy atom. The summed E-state index contributed by atoms with van der Waals surface area (Å²) < 4.78 is 33.2. The average molecular weight is 436 g/mol.